The van der Waals surface area contributed by atoms with E-state index >= 15 is 0 Å². The van der Waals surface area contributed by atoms with Crippen molar-refractivity contribution in [1.29, 1.82) is 0 Å². The Bertz CT molecular complexity index is 540. The first-order valence-electron chi connectivity index (χ1n) is 6.80. The monoisotopic (exact) mass is 257 g/mol. The van der Waals surface area contributed by atoms with Crippen LogP contribution >= 0.6 is 0 Å². The maximum atomic E-state index is 4.40. The molecule has 1 aromatic carbocycles. The minimum absolute atomic E-state index is 0.296. The van der Waals surface area contributed by atoms with E-state index in [0.29, 0.717) is 12.1 Å². The number of hydrogen-bond donors (Lipinski definition) is 1. The van der Waals surface area contributed by atoms with Gasteiger partial charge in [-0.25, -0.2) is 0 Å². The van der Waals surface area contributed by atoms with Gasteiger partial charge in [-0.2, -0.15) is 5.10 Å². The maximum absolute atomic E-state index is 4.40. The van der Waals surface area contributed by atoms with Gasteiger partial charge in [0.05, 0.1) is 5.69 Å². The molecular formula is C16H23N3. The number of benzene rings is 1. The number of hydrogen-bond acceptors (Lipinski definition) is 2. The normalized spacial score (nSPS) is 14.4. The predicted octanol–water partition coefficient (Wildman–Crippen LogP) is 3.45. The third kappa shape index (κ3) is 3.24. The number of aromatic nitrogens is 2. The van der Waals surface area contributed by atoms with Gasteiger partial charge in [0, 0.05) is 30.9 Å². The number of nitrogens with zero attached hydrogens (tertiary/aromatic N) is 2. The lowest BCUT2D eigenvalue weighted by molar-refractivity contribution is 0.493. The van der Waals surface area contributed by atoms with Crippen LogP contribution in [0.4, 0.5) is 0 Å². The van der Waals surface area contributed by atoms with Crippen LogP contribution in [0.5, 0.6) is 0 Å². The fourth-order valence-electron chi connectivity index (χ4n) is 2.46. The highest BCUT2D eigenvalue weighted by Crippen LogP contribution is 2.21. The van der Waals surface area contributed by atoms with Crippen molar-refractivity contribution < 1.29 is 0 Å². The summed E-state index contributed by atoms with van der Waals surface area (Å²) in [6, 6.07) is 9.33. The molecule has 102 valence electrons. The van der Waals surface area contributed by atoms with Crippen LogP contribution in [0.2, 0.25) is 0 Å². The first-order valence-corrected chi connectivity index (χ1v) is 6.80. The van der Waals surface area contributed by atoms with Gasteiger partial charge in [-0.1, -0.05) is 29.8 Å². The lowest BCUT2D eigenvalue weighted by atomic mass is 10.0. The Morgan fingerprint density at radius 2 is 1.68 bits per heavy atom. The van der Waals surface area contributed by atoms with E-state index in [1.165, 1.54) is 16.7 Å². The van der Waals surface area contributed by atoms with Crippen molar-refractivity contribution in [1.82, 2.24) is 15.1 Å². The fraction of sp³-hybridized carbons (Fsp3) is 0.438. The largest absolute Gasteiger partial charge is 0.304 e. The smallest absolute Gasteiger partial charge is 0.0641 e. The van der Waals surface area contributed by atoms with Crippen molar-refractivity contribution in [3.05, 3.63) is 52.8 Å². The summed E-state index contributed by atoms with van der Waals surface area (Å²) in [4.78, 5) is 0. The molecule has 0 aliphatic rings. The molecule has 0 radical (unpaired) electrons. The van der Waals surface area contributed by atoms with Gasteiger partial charge >= 0.3 is 0 Å². The Kier molecular flexibility index (Phi) is 4.05. The van der Waals surface area contributed by atoms with Crippen LogP contribution in [-0.4, -0.2) is 9.78 Å². The molecule has 0 bridgehead atoms. The number of nitrogens with one attached hydrogen (secondary N) is 1. The molecule has 19 heavy (non-hydrogen) atoms. The molecule has 0 amide bonds. The van der Waals surface area contributed by atoms with Crippen LogP contribution in [-0.2, 0) is 7.05 Å². The summed E-state index contributed by atoms with van der Waals surface area (Å²) in [5.41, 5.74) is 4.98. The SMILES string of the molecule is Cc1ccc(C(C)NC(C)c2cn(C)nc2C)cc1. The second-order valence-electron chi connectivity index (χ2n) is 5.36. The maximum Gasteiger partial charge on any atom is 0.0641 e. The van der Waals surface area contributed by atoms with Crippen molar-refractivity contribution >= 4 is 0 Å². The van der Waals surface area contributed by atoms with E-state index in [2.05, 4.69) is 68.6 Å². The van der Waals surface area contributed by atoms with Crippen molar-refractivity contribution in [2.75, 3.05) is 0 Å². The third-order valence-electron chi connectivity index (χ3n) is 3.60. The van der Waals surface area contributed by atoms with Crippen LogP contribution in [0, 0.1) is 13.8 Å². The molecule has 0 fully saturated rings. The van der Waals surface area contributed by atoms with Gasteiger partial charge < -0.3 is 5.32 Å². The summed E-state index contributed by atoms with van der Waals surface area (Å²) >= 11 is 0. The minimum Gasteiger partial charge on any atom is -0.304 e. The molecule has 1 N–H and O–H groups in total. The van der Waals surface area contributed by atoms with Gasteiger partial charge in [-0.3, -0.25) is 4.68 Å². The summed E-state index contributed by atoms with van der Waals surface area (Å²) in [5, 5.41) is 8.03. The van der Waals surface area contributed by atoms with Gasteiger partial charge in [0.15, 0.2) is 0 Å². The quantitative estimate of drug-likeness (QED) is 0.909. The zero-order valence-corrected chi connectivity index (χ0v) is 12.4. The highest BCUT2D eigenvalue weighted by Gasteiger charge is 2.14. The van der Waals surface area contributed by atoms with E-state index in [1.54, 1.807) is 0 Å². The highest BCUT2D eigenvalue weighted by molar-refractivity contribution is 5.25. The minimum atomic E-state index is 0.296. The van der Waals surface area contributed by atoms with Crippen LogP contribution in [0.3, 0.4) is 0 Å². The van der Waals surface area contributed by atoms with E-state index in [4.69, 9.17) is 0 Å². The third-order valence-corrected chi connectivity index (χ3v) is 3.60. The predicted molar refractivity (Wildman–Crippen MR) is 79.1 cm³/mol. The molecule has 2 atom stereocenters. The van der Waals surface area contributed by atoms with E-state index < -0.39 is 0 Å². The van der Waals surface area contributed by atoms with Crippen molar-refractivity contribution in [2.24, 2.45) is 7.05 Å². The average molecular weight is 257 g/mol. The van der Waals surface area contributed by atoms with E-state index in [1.807, 2.05) is 11.7 Å². The van der Waals surface area contributed by atoms with Gasteiger partial charge in [-0.15, -0.1) is 0 Å². The standard InChI is InChI=1S/C16H23N3/c1-11-6-8-15(9-7-11)12(2)17-13(3)16-10-19(5)18-14(16)4/h6-10,12-13,17H,1-5H3. The van der Waals surface area contributed by atoms with Gasteiger partial charge in [0.2, 0.25) is 0 Å². The molecule has 0 saturated heterocycles. The molecule has 0 aliphatic heterocycles. The Labute approximate surface area is 115 Å². The van der Waals surface area contributed by atoms with Crippen molar-refractivity contribution in [3.63, 3.8) is 0 Å². The van der Waals surface area contributed by atoms with E-state index in [0.717, 1.165) is 5.69 Å². The first kappa shape index (κ1) is 13.8. The molecule has 0 aliphatic carbocycles. The van der Waals surface area contributed by atoms with Crippen LogP contribution in [0.25, 0.3) is 0 Å². The Morgan fingerprint density at radius 3 is 2.21 bits per heavy atom. The molecular weight excluding hydrogens is 234 g/mol. The summed E-state index contributed by atoms with van der Waals surface area (Å²) < 4.78 is 1.87. The topological polar surface area (TPSA) is 29.9 Å². The zero-order chi connectivity index (χ0) is 14.0. The molecule has 3 heteroatoms. The van der Waals surface area contributed by atoms with E-state index in [9.17, 15) is 0 Å². The first-order chi connectivity index (χ1) is 8.97. The average Bonchev–Trinajstić information content (AvgIpc) is 2.69. The summed E-state index contributed by atoms with van der Waals surface area (Å²) in [6.07, 6.45) is 2.09. The summed E-state index contributed by atoms with van der Waals surface area (Å²) in [6.45, 7) is 8.56. The van der Waals surface area contributed by atoms with Crippen molar-refractivity contribution in [2.45, 2.75) is 39.8 Å². The molecule has 1 aromatic heterocycles. The van der Waals surface area contributed by atoms with Crippen LogP contribution in [0.15, 0.2) is 30.5 Å². The summed E-state index contributed by atoms with van der Waals surface area (Å²) in [7, 11) is 1.96. The van der Waals surface area contributed by atoms with Crippen LogP contribution in [0.1, 0.15) is 48.3 Å². The van der Waals surface area contributed by atoms with Gasteiger partial charge in [0.1, 0.15) is 0 Å². The second-order valence-corrected chi connectivity index (χ2v) is 5.36. The zero-order valence-electron chi connectivity index (χ0n) is 12.4. The molecule has 2 aromatic rings. The highest BCUT2D eigenvalue weighted by atomic mass is 15.3. The summed E-state index contributed by atoms with van der Waals surface area (Å²) in [5.74, 6) is 0. The Balaban J connectivity index is 2.08. The Morgan fingerprint density at radius 1 is 1.05 bits per heavy atom. The molecule has 0 saturated carbocycles. The van der Waals surface area contributed by atoms with Gasteiger partial charge in [-0.05, 0) is 33.3 Å². The molecule has 2 unspecified atom stereocenters. The lowest BCUT2D eigenvalue weighted by Crippen LogP contribution is -2.22. The van der Waals surface area contributed by atoms with Crippen LogP contribution < -0.4 is 5.32 Å². The van der Waals surface area contributed by atoms with Gasteiger partial charge in [0.25, 0.3) is 0 Å². The lowest BCUT2D eigenvalue weighted by Gasteiger charge is -2.20. The Hall–Kier alpha value is -1.61. The molecule has 3 nitrogen and oxygen atoms in total. The van der Waals surface area contributed by atoms with E-state index in [-0.39, 0.29) is 0 Å². The van der Waals surface area contributed by atoms with Crippen molar-refractivity contribution in [3.8, 4) is 0 Å². The number of rotatable bonds is 4. The molecule has 0 spiro atoms. The number of aryl methyl sites for hydroxylation is 3. The second kappa shape index (κ2) is 5.57. The fourth-order valence-corrected chi connectivity index (χ4v) is 2.46. The molecule has 2 rings (SSSR count). The molecule has 1 heterocycles.